The number of nitrogens with one attached hydrogen (secondary N) is 1. The molecule has 0 aliphatic heterocycles. The topological polar surface area (TPSA) is 96.0 Å². The summed E-state index contributed by atoms with van der Waals surface area (Å²) in [7, 11) is -4.30. The van der Waals surface area contributed by atoms with Crippen molar-refractivity contribution >= 4 is 39.3 Å². The molecule has 0 saturated carbocycles. The number of carbonyl (C=O) groups excluding carboxylic acids is 2. The van der Waals surface area contributed by atoms with Crippen LogP contribution in [0.15, 0.2) is 113 Å². The number of thioether (sulfide) groups is 1. The minimum Gasteiger partial charge on any atom is -0.492 e. The van der Waals surface area contributed by atoms with Crippen LogP contribution in [-0.4, -0.2) is 57.1 Å². The number of carbonyl (C=O) groups is 2. The van der Waals surface area contributed by atoms with Crippen LogP contribution in [0, 0.1) is 5.82 Å². The van der Waals surface area contributed by atoms with Gasteiger partial charge in [-0.05, 0) is 79.3 Å². The van der Waals surface area contributed by atoms with E-state index in [-0.39, 0.29) is 36.1 Å². The molecule has 248 valence electrons. The Morgan fingerprint density at radius 3 is 2.17 bits per heavy atom. The molecule has 0 radical (unpaired) electrons. The molecule has 4 aromatic rings. The number of para-hydroxylation sites is 2. The third-order valence-electron chi connectivity index (χ3n) is 7.45. The van der Waals surface area contributed by atoms with Crippen molar-refractivity contribution in [2.24, 2.45) is 0 Å². The van der Waals surface area contributed by atoms with Gasteiger partial charge in [0.05, 0.1) is 17.2 Å². The number of sulfonamides is 1. The van der Waals surface area contributed by atoms with Crippen LogP contribution in [0.4, 0.5) is 10.1 Å². The molecule has 2 amide bonds. The molecule has 0 saturated heterocycles. The fourth-order valence-electron chi connectivity index (χ4n) is 5.04. The first-order valence-electron chi connectivity index (χ1n) is 15.4. The maximum absolute atomic E-state index is 14.6. The highest BCUT2D eigenvalue weighted by molar-refractivity contribution is 7.98. The average Bonchev–Trinajstić information content (AvgIpc) is 3.09. The lowest BCUT2D eigenvalue weighted by Gasteiger charge is -2.34. The van der Waals surface area contributed by atoms with Crippen LogP contribution in [0.25, 0.3) is 0 Å². The molecule has 8 nitrogen and oxygen atoms in total. The van der Waals surface area contributed by atoms with Gasteiger partial charge in [-0.2, -0.15) is 0 Å². The van der Waals surface area contributed by atoms with E-state index in [9.17, 15) is 22.4 Å². The normalized spacial score (nSPS) is 11.8. The Morgan fingerprint density at radius 1 is 0.872 bits per heavy atom. The maximum Gasteiger partial charge on any atom is 0.264 e. The number of ether oxygens (including phenoxy) is 1. The monoisotopic (exact) mass is 677 g/mol. The Labute approximate surface area is 281 Å². The van der Waals surface area contributed by atoms with Gasteiger partial charge >= 0.3 is 0 Å². The van der Waals surface area contributed by atoms with Gasteiger partial charge in [0.25, 0.3) is 10.0 Å². The molecule has 11 heteroatoms. The zero-order valence-corrected chi connectivity index (χ0v) is 28.4. The molecular weight excluding hydrogens is 638 g/mol. The van der Waals surface area contributed by atoms with Gasteiger partial charge in [0.2, 0.25) is 11.8 Å². The summed E-state index contributed by atoms with van der Waals surface area (Å²) < 4.78 is 49.4. The van der Waals surface area contributed by atoms with E-state index in [0.717, 1.165) is 14.8 Å². The highest BCUT2D eigenvalue weighted by atomic mass is 32.2. The maximum atomic E-state index is 14.6. The summed E-state index contributed by atoms with van der Waals surface area (Å²) in [5.41, 5.74) is 1.59. The standard InChI is InChI=1S/C36H40FN3O5S2/c1-4-23-38-36(42)33(24-27-11-7-6-8-12-27)39(25-28-15-17-29(37)18-16-28)35(41)26-40(32-13-9-10-14-34(32)45-5-2)47(43,44)31-21-19-30(46-3)20-22-31/h6-22,33H,4-5,23-26H2,1-3H3,(H,38,42). The van der Waals surface area contributed by atoms with E-state index >= 15 is 0 Å². The first-order chi connectivity index (χ1) is 22.7. The summed E-state index contributed by atoms with van der Waals surface area (Å²) in [6, 6.07) is 27.1. The Kier molecular flexibility index (Phi) is 12.8. The molecule has 47 heavy (non-hydrogen) atoms. The fourth-order valence-corrected chi connectivity index (χ4v) is 6.87. The number of hydrogen-bond donors (Lipinski definition) is 1. The minimum absolute atomic E-state index is 0.000936. The molecule has 0 aliphatic rings. The highest BCUT2D eigenvalue weighted by Gasteiger charge is 2.35. The van der Waals surface area contributed by atoms with E-state index in [2.05, 4.69) is 5.32 Å². The second kappa shape index (κ2) is 17.0. The van der Waals surface area contributed by atoms with Crippen molar-refractivity contribution in [3.05, 3.63) is 120 Å². The molecule has 1 N–H and O–H groups in total. The van der Waals surface area contributed by atoms with Crippen molar-refractivity contribution in [3.63, 3.8) is 0 Å². The Balaban J connectivity index is 1.83. The number of nitrogens with zero attached hydrogens (tertiary/aromatic N) is 2. The molecule has 0 bridgehead atoms. The number of halogens is 1. The van der Waals surface area contributed by atoms with E-state index in [1.807, 2.05) is 43.5 Å². The smallest absolute Gasteiger partial charge is 0.264 e. The Morgan fingerprint density at radius 2 is 1.53 bits per heavy atom. The van der Waals surface area contributed by atoms with Crippen molar-refractivity contribution in [2.45, 2.75) is 49.1 Å². The predicted octanol–water partition coefficient (Wildman–Crippen LogP) is 6.31. The quantitative estimate of drug-likeness (QED) is 0.140. The summed E-state index contributed by atoms with van der Waals surface area (Å²) in [6.45, 7) is 3.71. The molecular formula is C36H40FN3O5S2. The molecule has 0 aromatic heterocycles. The van der Waals surface area contributed by atoms with E-state index in [4.69, 9.17) is 4.74 Å². The largest absolute Gasteiger partial charge is 0.492 e. The van der Waals surface area contributed by atoms with Gasteiger partial charge in [-0.1, -0.05) is 61.5 Å². The number of rotatable bonds is 16. The second-order valence-corrected chi connectivity index (χ2v) is 13.5. The molecule has 0 aliphatic carbocycles. The van der Waals surface area contributed by atoms with Crippen molar-refractivity contribution in [1.29, 1.82) is 0 Å². The summed E-state index contributed by atoms with van der Waals surface area (Å²) in [4.78, 5) is 30.6. The Hall–Kier alpha value is -4.35. The van der Waals surface area contributed by atoms with Crippen molar-refractivity contribution in [2.75, 3.05) is 30.3 Å². The van der Waals surface area contributed by atoms with Crippen LogP contribution in [0.3, 0.4) is 0 Å². The average molecular weight is 678 g/mol. The third-order valence-corrected chi connectivity index (χ3v) is 9.96. The molecule has 0 fully saturated rings. The first kappa shape index (κ1) is 35.5. The molecule has 1 atom stereocenters. The molecule has 4 aromatic carbocycles. The van der Waals surface area contributed by atoms with Gasteiger partial charge in [0, 0.05) is 24.4 Å². The zero-order valence-electron chi connectivity index (χ0n) is 26.8. The minimum atomic E-state index is -4.30. The van der Waals surface area contributed by atoms with Gasteiger partial charge in [-0.25, -0.2) is 12.8 Å². The lowest BCUT2D eigenvalue weighted by atomic mass is 10.0. The van der Waals surface area contributed by atoms with E-state index < -0.39 is 34.3 Å². The third kappa shape index (κ3) is 9.36. The van der Waals surface area contributed by atoms with E-state index in [1.165, 1.54) is 40.9 Å². The summed E-state index contributed by atoms with van der Waals surface area (Å²) in [5.74, 6) is -1.13. The number of amides is 2. The van der Waals surface area contributed by atoms with Crippen LogP contribution in [-0.2, 0) is 32.6 Å². The van der Waals surface area contributed by atoms with Crippen LogP contribution < -0.4 is 14.4 Å². The number of anilines is 1. The van der Waals surface area contributed by atoms with Gasteiger partial charge in [-0.15, -0.1) is 11.8 Å². The fraction of sp³-hybridized carbons (Fsp3) is 0.278. The number of hydrogen-bond acceptors (Lipinski definition) is 6. The highest BCUT2D eigenvalue weighted by Crippen LogP contribution is 2.33. The SMILES string of the molecule is CCCNC(=O)C(Cc1ccccc1)N(Cc1ccc(F)cc1)C(=O)CN(c1ccccc1OCC)S(=O)(=O)c1ccc(SC)cc1. The van der Waals surface area contributed by atoms with Gasteiger partial charge in [0.15, 0.2) is 0 Å². The first-order valence-corrected chi connectivity index (χ1v) is 18.1. The van der Waals surface area contributed by atoms with Crippen molar-refractivity contribution < 1.29 is 27.1 Å². The lowest BCUT2D eigenvalue weighted by Crippen LogP contribution is -2.53. The summed E-state index contributed by atoms with van der Waals surface area (Å²) >= 11 is 1.48. The molecule has 0 heterocycles. The van der Waals surface area contributed by atoms with Crippen molar-refractivity contribution in [1.82, 2.24) is 10.2 Å². The van der Waals surface area contributed by atoms with Crippen molar-refractivity contribution in [3.8, 4) is 5.75 Å². The summed E-state index contributed by atoms with van der Waals surface area (Å²) in [6.07, 6.45) is 2.76. The van der Waals surface area contributed by atoms with Gasteiger partial charge in [0.1, 0.15) is 24.2 Å². The van der Waals surface area contributed by atoms with Crippen LogP contribution in [0.2, 0.25) is 0 Å². The predicted molar refractivity (Wildman–Crippen MR) is 185 cm³/mol. The lowest BCUT2D eigenvalue weighted by molar-refractivity contribution is -0.140. The zero-order chi connectivity index (χ0) is 33.8. The number of benzene rings is 4. The molecule has 4 rings (SSSR count). The summed E-state index contributed by atoms with van der Waals surface area (Å²) in [5, 5.41) is 2.91. The van der Waals surface area contributed by atoms with Crippen LogP contribution in [0.1, 0.15) is 31.4 Å². The van der Waals surface area contributed by atoms with Crippen LogP contribution in [0.5, 0.6) is 5.75 Å². The molecule has 1 unspecified atom stereocenters. The Bertz CT molecular complexity index is 1720. The second-order valence-electron chi connectivity index (χ2n) is 10.7. The van der Waals surface area contributed by atoms with E-state index in [1.54, 1.807) is 55.5 Å². The van der Waals surface area contributed by atoms with Gasteiger partial charge < -0.3 is 15.0 Å². The van der Waals surface area contributed by atoms with E-state index in [0.29, 0.717) is 24.3 Å². The van der Waals surface area contributed by atoms with Crippen LogP contribution >= 0.6 is 11.8 Å². The van der Waals surface area contributed by atoms with Gasteiger partial charge in [-0.3, -0.25) is 13.9 Å². The molecule has 0 spiro atoms.